The standard InChI is InChI=1S/C21H30N4O2.2C2HF3O2/c1-23-12-9-22-18(23)15-25-10-7-21(8-11-25)17-6-4-3-5-16(17)19(20(21)27)24(2)13-14-26;2*3-2(4,5)1(6)7/h3-6,9,12,19-20,26-27H,7-8,10-11,13-15H2,1-2H3;2*(H,6,7)/t19-,20+;;/m1../s1. The number of rotatable bonds is 5. The van der Waals surface area contributed by atoms with Crippen molar-refractivity contribution in [3.63, 3.8) is 0 Å². The highest BCUT2D eigenvalue weighted by molar-refractivity contribution is 5.73. The van der Waals surface area contributed by atoms with Crippen molar-refractivity contribution in [1.82, 2.24) is 19.4 Å². The Morgan fingerprint density at radius 1 is 1.05 bits per heavy atom. The molecule has 4 rings (SSSR count). The number of hydrogen-bond acceptors (Lipinski definition) is 7. The summed E-state index contributed by atoms with van der Waals surface area (Å²) in [7, 11) is 4.03. The third kappa shape index (κ3) is 8.40. The van der Waals surface area contributed by atoms with E-state index in [0.717, 1.165) is 38.3 Å². The molecule has 2 aliphatic rings. The predicted molar refractivity (Wildman–Crippen MR) is 132 cm³/mol. The first-order valence-electron chi connectivity index (χ1n) is 12.3. The number of aliphatic carboxylic acids is 2. The Bertz CT molecular complexity index is 1140. The van der Waals surface area contributed by atoms with E-state index in [4.69, 9.17) is 19.8 Å². The van der Waals surface area contributed by atoms with E-state index in [1.807, 2.05) is 26.5 Å². The number of fused-ring (bicyclic) bond motifs is 2. The number of halogens is 6. The first-order chi connectivity index (χ1) is 19.0. The fourth-order valence-electron chi connectivity index (χ4n) is 5.04. The summed E-state index contributed by atoms with van der Waals surface area (Å²) in [5, 5.41) is 35.0. The molecule has 2 aromatic rings. The van der Waals surface area contributed by atoms with Crippen molar-refractivity contribution in [3.05, 3.63) is 53.6 Å². The van der Waals surface area contributed by atoms with E-state index in [1.54, 1.807) is 0 Å². The maximum Gasteiger partial charge on any atom is 0.490 e. The van der Waals surface area contributed by atoms with Gasteiger partial charge in [0.1, 0.15) is 5.82 Å². The maximum atomic E-state index is 11.4. The van der Waals surface area contributed by atoms with Crippen molar-refractivity contribution >= 4 is 11.9 Å². The number of carboxylic acids is 2. The second kappa shape index (κ2) is 13.6. The van der Waals surface area contributed by atoms with Crippen LogP contribution in [-0.4, -0.2) is 103 Å². The van der Waals surface area contributed by atoms with Crippen molar-refractivity contribution in [2.24, 2.45) is 7.05 Å². The van der Waals surface area contributed by atoms with Gasteiger partial charge in [0, 0.05) is 31.4 Å². The molecule has 1 aromatic heterocycles. The Balaban J connectivity index is 0.000000349. The van der Waals surface area contributed by atoms with Crippen LogP contribution >= 0.6 is 0 Å². The number of piperidine rings is 1. The molecule has 1 aromatic carbocycles. The van der Waals surface area contributed by atoms with Crippen LogP contribution in [0.15, 0.2) is 36.7 Å². The lowest BCUT2D eigenvalue weighted by molar-refractivity contribution is -0.193. The molecule has 0 radical (unpaired) electrons. The number of carboxylic acid groups (broad SMARTS) is 2. The third-order valence-corrected chi connectivity index (χ3v) is 7.13. The van der Waals surface area contributed by atoms with Gasteiger partial charge in [-0.3, -0.25) is 9.80 Å². The van der Waals surface area contributed by atoms with Crippen LogP contribution in [0.4, 0.5) is 26.3 Å². The Kier molecular flexibility index (Phi) is 11.3. The fraction of sp³-hybridized carbons (Fsp3) is 0.560. The number of hydrogen-bond donors (Lipinski definition) is 4. The topological polar surface area (TPSA) is 139 Å². The Hall–Kier alpha value is -3.21. The molecular formula is C25H32F6N4O6. The minimum atomic E-state index is -5.08. The highest BCUT2D eigenvalue weighted by Gasteiger charge is 2.53. The summed E-state index contributed by atoms with van der Waals surface area (Å²) < 4.78 is 65.5. The lowest BCUT2D eigenvalue weighted by atomic mass is 9.72. The molecule has 0 amide bonds. The lowest BCUT2D eigenvalue weighted by Crippen LogP contribution is -2.49. The molecule has 1 aliphatic carbocycles. The summed E-state index contributed by atoms with van der Waals surface area (Å²) in [6.45, 7) is 3.43. The summed E-state index contributed by atoms with van der Waals surface area (Å²) in [6.07, 6.45) is -4.89. The third-order valence-electron chi connectivity index (χ3n) is 7.13. The van der Waals surface area contributed by atoms with E-state index in [0.29, 0.717) is 6.54 Å². The number of likely N-dealkylation sites (N-methyl/N-ethyl adjacent to an activating group) is 1. The van der Waals surface area contributed by atoms with Gasteiger partial charge in [0.25, 0.3) is 0 Å². The van der Waals surface area contributed by atoms with Crippen LogP contribution in [0.1, 0.15) is 35.8 Å². The highest BCUT2D eigenvalue weighted by atomic mass is 19.4. The molecule has 0 bridgehead atoms. The fourth-order valence-corrected chi connectivity index (χ4v) is 5.04. The van der Waals surface area contributed by atoms with Crippen molar-refractivity contribution in [2.75, 3.05) is 33.3 Å². The van der Waals surface area contributed by atoms with Gasteiger partial charge in [0.15, 0.2) is 0 Å². The quantitative estimate of drug-likeness (QED) is 0.383. The van der Waals surface area contributed by atoms with Crippen LogP contribution in [0.3, 0.4) is 0 Å². The molecule has 230 valence electrons. The maximum absolute atomic E-state index is 11.4. The minimum Gasteiger partial charge on any atom is -0.475 e. The molecule has 1 spiro atoms. The molecule has 0 unspecified atom stereocenters. The van der Waals surface area contributed by atoms with Crippen LogP contribution < -0.4 is 0 Å². The van der Waals surface area contributed by atoms with Gasteiger partial charge in [-0.15, -0.1) is 0 Å². The number of aryl methyl sites for hydroxylation is 1. The van der Waals surface area contributed by atoms with Gasteiger partial charge in [0.05, 0.1) is 25.3 Å². The molecule has 0 saturated carbocycles. The monoisotopic (exact) mass is 598 g/mol. The Morgan fingerprint density at radius 2 is 1.56 bits per heavy atom. The van der Waals surface area contributed by atoms with Crippen molar-refractivity contribution < 1.29 is 56.4 Å². The van der Waals surface area contributed by atoms with E-state index < -0.39 is 30.4 Å². The summed E-state index contributed by atoms with van der Waals surface area (Å²) in [4.78, 5) is 26.8. The SMILES string of the molecule is CN(CCO)[C@@H]1c2ccccc2C2(CCN(Cc3nccn3C)CC2)[C@H]1O.O=C(O)C(F)(F)F.O=C(O)C(F)(F)F. The average Bonchev–Trinajstić information content (AvgIpc) is 3.38. The molecular weight excluding hydrogens is 566 g/mol. The largest absolute Gasteiger partial charge is 0.490 e. The second-order valence-electron chi connectivity index (χ2n) is 9.67. The summed E-state index contributed by atoms with van der Waals surface area (Å²) in [5.74, 6) is -4.43. The van der Waals surface area contributed by atoms with E-state index in [9.17, 15) is 36.6 Å². The molecule has 1 fully saturated rings. The normalized spacial score (nSPS) is 20.1. The van der Waals surface area contributed by atoms with Gasteiger partial charge >= 0.3 is 24.3 Å². The number of aliphatic hydroxyl groups excluding tert-OH is 2. The van der Waals surface area contributed by atoms with Gasteiger partial charge < -0.3 is 25.0 Å². The van der Waals surface area contributed by atoms with Gasteiger partial charge in [-0.2, -0.15) is 26.3 Å². The molecule has 16 heteroatoms. The van der Waals surface area contributed by atoms with E-state index in [-0.39, 0.29) is 18.1 Å². The van der Waals surface area contributed by atoms with Gasteiger partial charge in [-0.05, 0) is 44.1 Å². The number of aliphatic hydroxyl groups is 2. The predicted octanol–water partition coefficient (Wildman–Crippen LogP) is 2.56. The molecule has 2 heterocycles. The molecule has 2 atom stereocenters. The Labute approximate surface area is 231 Å². The van der Waals surface area contributed by atoms with Crippen molar-refractivity contribution in [1.29, 1.82) is 0 Å². The van der Waals surface area contributed by atoms with Crippen LogP contribution in [0, 0.1) is 0 Å². The summed E-state index contributed by atoms with van der Waals surface area (Å²) in [5.41, 5.74) is 2.32. The molecule has 1 saturated heterocycles. The van der Waals surface area contributed by atoms with Crippen molar-refractivity contribution in [2.45, 2.75) is 49.3 Å². The van der Waals surface area contributed by atoms with Gasteiger partial charge in [-0.25, -0.2) is 14.6 Å². The van der Waals surface area contributed by atoms with Crippen LogP contribution in [0.25, 0.3) is 0 Å². The first kappa shape index (κ1) is 34.0. The number of carbonyl (C=O) groups is 2. The van der Waals surface area contributed by atoms with Crippen molar-refractivity contribution in [3.8, 4) is 0 Å². The zero-order valence-electron chi connectivity index (χ0n) is 22.2. The van der Waals surface area contributed by atoms with Gasteiger partial charge in [-0.1, -0.05) is 24.3 Å². The highest BCUT2D eigenvalue weighted by Crippen LogP contribution is 2.52. The van der Waals surface area contributed by atoms with Crippen LogP contribution in [0.5, 0.6) is 0 Å². The number of aromatic nitrogens is 2. The second-order valence-corrected chi connectivity index (χ2v) is 9.67. The zero-order valence-corrected chi connectivity index (χ0v) is 22.2. The molecule has 10 nitrogen and oxygen atoms in total. The smallest absolute Gasteiger partial charge is 0.475 e. The van der Waals surface area contributed by atoms with Crippen LogP contribution in [-0.2, 0) is 28.6 Å². The number of imidazole rings is 1. The van der Waals surface area contributed by atoms with E-state index in [1.165, 1.54) is 11.1 Å². The van der Waals surface area contributed by atoms with E-state index >= 15 is 0 Å². The minimum absolute atomic E-state index is 0.0468. The summed E-state index contributed by atoms with van der Waals surface area (Å²) >= 11 is 0. The molecule has 4 N–H and O–H groups in total. The zero-order chi connectivity index (χ0) is 31.2. The number of benzene rings is 1. The first-order valence-corrected chi connectivity index (χ1v) is 12.3. The van der Waals surface area contributed by atoms with Crippen LogP contribution in [0.2, 0.25) is 0 Å². The molecule has 41 heavy (non-hydrogen) atoms. The number of alkyl halides is 6. The number of nitrogens with zero attached hydrogens (tertiary/aromatic N) is 4. The number of likely N-dealkylation sites (tertiary alicyclic amines) is 1. The lowest BCUT2D eigenvalue weighted by Gasteiger charge is -2.43. The summed E-state index contributed by atoms with van der Waals surface area (Å²) in [6, 6.07) is 8.43. The molecule has 1 aliphatic heterocycles. The average molecular weight is 599 g/mol. The Morgan fingerprint density at radius 3 is 2.00 bits per heavy atom. The van der Waals surface area contributed by atoms with E-state index in [2.05, 4.69) is 43.6 Å². The van der Waals surface area contributed by atoms with Gasteiger partial charge in [0.2, 0.25) is 0 Å².